The Morgan fingerprint density at radius 3 is 0.913 bits per heavy atom. The Kier molecular flexibility index (Phi) is 63.2. The summed E-state index contributed by atoms with van der Waals surface area (Å²) in [6.45, 7) is 4.60. The topological polar surface area (TPSA) is 237 Å². The van der Waals surface area contributed by atoms with E-state index in [0.717, 1.165) is 167 Å². The zero-order chi connectivity index (χ0) is 67.5. The first-order valence-corrected chi connectivity index (χ1v) is 38.8. The van der Waals surface area contributed by atoms with Gasteiger partial charge in [0.15, 0.2) is 12.2 Å². The van der Waals surface area contributed by atoms with Crippen LogP contribution in [0.15, 0.2) is 85.1 Å². The third-order valence-corrected chi connectivity index (χ3v) is 16.7. The molecule has 0 aliphatic heterocycles. The van der Waals surface area contributed by atoms with E-state index in [2.05, 4.69) is 113 Å². The van der Waals surface area contributed by atoms with Gasteiger partial charge in [-0.2, -0.15) is 0 Å². The number of phosphoric ester groups is 2. The highest BCUT2D eigenvalue weighted by atomic mass is 31.2. The number of carbonyl (C=O) groups excluding carboxylic acids is 4. The van der Waals surface area contributed by atoms with Gasteiger partial charge in [-0.05, 0) is 128 Å². The number of hydrogen-bond donors (Lipinski definition) is 3. The lowest BCUT2D eigenvalue weighted by molar-refractivity contribution is -0.161. The van der Waals surface area contributed by atoms with Gasteiger partial charge in [0.05, 0.1) is 26.4 Å². The molecule has 532 valence electrons. The van der Waals surface area contributed by atoms with Crippen molar-refractivity contribution in [3.8, 4) is 0 Å². The predicted octanol–water partition coefficient (Wildman–Crippen LogP) is 19.9. The number of unbranched alkanes of at least 4 members (excludes halogenated alkanes) is 27. The first kappa shape index (κ1) is 88.2. The van der Waals surface area contributed by atoms with E-state index in [-0.39, 0.29) is 25.7 Å². The normalized spacial score (nSPS) is 14.6. The van der Waals surface area contributed by atoms with E-state index >= 15 is 0 Å². The molecule has 0 aromatic heterocycles. The fourth-order valence-electron chi connectivity index (χ4n) is 9.28. The summed E-state index contributed by atoms with van der Waals surface area (Å²) in [6, 6.07) is 0. The third-order valence-electron chi connectivity index (χ3n) is 14.8. The molecule has 5 atom stereocenters. The molecule has 5 unspecified atom stereocenters. The molecular weight excluding hydrogens is 1210 g/mol. The van der Waals surface area contributed by atoms with Crippen LogP contribution >= 0.6 is 15.6 Å². The lowest BCUT2D eigenvalue weighted by atomic mass is 10.1. The molecular formula is C73H128O17P2. The SMILES string of the molecule is CC/C=C\C/C=C\C/C=C\C/C=C\CCCCCCC(=O)OCC(COP(=O)(O)OCC(O)COP(=O)(O)OCC(COC(=O)CCCCCCC/C=C\CCCCCC)OC(=O)CCCCCCC/C=C\CCCC)OC(=O)CCCCCCC/C=C\CCCC. The van der Waals surface area contributed by atoms with Gasteiger partial charge >= 0.3 is 39.5 Å². The van der Waals surface area contributed by atoms with E-state index in [4.69, 9.17) is 37.0 Å². The summed E-state index contributed by atoms with van der Waals surface area (Å²) in [5.41, 5.74) is 0. The van der Waals surface area contributed by atoms with Gasteiger partial charge in [-0.3, -0.25) is 37.3 Å². The second-order valence-corrected chi connectivity index (χ2v) is 26.7. The molecule has 0 fully saturated rings. The van der Waals surface area contributed by atoms with Crippen molar-refractivity contribution in [3.05, 3.63) is 85.1 Å². The smallest absolute Gasteiger partial charge is 0.462 e. The Labute approximate surface area is 557 Å². The Morgan fingerprint density at radius 2 is 0.576 bits per heavy atom. The van der Waals surface area contributed by atoms with Crippen LogP contribution in [0.3, 0.4) is 0 Å². The van der Waals surface area contributed by atoms with Crippen LogP contribution in [0.4, 0.5) is 0 Å². The number of carbonyl (C=O) groups is 4. The molecule has 92 heavy (non-hydrogen) atoms. The van der Waals surface area contributed by atoms with Crippen LogP contribution in [0.2, 0.25) is 0 Å². The zero-order valence-electron chi connectivity index (χ0n) is 57.7. The van der Waals surface area contributed by atoms with Crippen LogP contribution in [0.1, 0.15) is 297 Å². The zero-order valence-corrected chi connectivity index (χ0v) is 59.5. The Morgan fingerprint density at radius 1 is 0.315 bits per heavy atom. The first-order valence-electron chi connectivity index (χ1n) is 35.8. The molecule has 0 heterocycles. The molecule has 0 amide bonds. The van der Waals surface area contributed by atoms with Crippen molar-refractivity contribution in [1.29, 1.82) is 0 Å². The molecule has 0 radical (unpaired) electrons. The summed E-state index contributed by atoms with van der Waals surface area (Å²) in [7, 11) is -9.94. The van der Waals surface area contributed by atoms with E-state index in [1.807, 2.05) is 0 Å². The van der Waals surface area contributed by atoms with E-state index in [1.165, 1.54) is 51.4 Å². The Bertz CT molecular complexity index is 2090. The second-order valence-electron chi connectivity index (χ2n) is 23.8. The fourth-order valence-corrected chi connectivity index (χ4v) is 10.9. The molecule has 0 aromatic carbocycles. The number of phosphoric acid groups is 2. The van der Waals surface area contributed by atoms with Gasteiger partial charge in [0.2, 0.25) is 0 Å². The number of aliphatic hydroxyl groups excluding tert-OH is 1. The molecule has 3 N–H and O–H groups in total. The van der Waals surface area contributed by atoms with E-state index in [0.29, 0.717) is 25.7 Å². The van der Waals surface area contributed by atoms with Crippen LogP contribution in [-0.2, 0) is 65.4 Å². The molecule has 0 rings (SSSR count). The largest absolute Gasteiger partial charge is 0.472 e. The van der Waals surface area contributed by atoms with Crippen LogP contribution < -0.4 is 0 Å². The molecule has 0 saturated heterocycles. The Hall–Kier alpha value is -3.76. The van der Waals surface area contributed by atoms with Crippen molar-refractivity contribution in [3.63, 3.8) is 0 Å². The predicted molar refractivity (Wildman–Crippen MR) is 372 cm³/mol. The summed E-state index contributed by atoms with van der Waals surface area (Å²) in [4.78, 5) is 72.5. The minimum atomic E-state index is -4.97. The van der Waals surface area contributed by atoms with Crippen molar-refractivity contribution < 1.29 is 80.2 Å². The lowest BCUT2D eigenvalue weighted by Gasteiger charge is -2.21. The maximum atomic E-state index is 13.0. The van der Waals surface area contributed by atoms with Crippen molar-refractivity contribution in [2.24, 2.45) is 0 Å². The highest BCUT2D eigenvalue weighted by Crippen LogP contribution is 2.45. The second kappa shape index (κ2) is 65.9. The van der Waals surface area contributed by atoms with Crippen molar-refractivity contribution in [1.82, 2.24) is 0 Å². The lowest BCUT2D eigenvalue weighted by Crippen LogP contribution is -2.30. The maximum Gasteiger partial charge on any atom is 0.472 e. The average molecular weight is 1340 g/mol. The molecule has 0 saturated carbocycles. The number of hydrogen-bond acceptors (Lipinski definition) is 15. The molecule has 17 nitrogen and oxygen atoms in total. The third kappa shape index (κ3) is 64.9. The number of rotatable bonds is 67. The summed E-state index contributed by atoms with van der Waals surface area (Å²) >= 11 is 0. The number of allylic oxidation sites excluding steroid dienone is 14. The van der Waals surface area contributed by atoms with Gasteiger partial charge in [0.1, 0.15) is 19.3 Å². The first-order chi connectivity index (χ1) is 44.7. The molecule has 0 aromatic rings. The van der Waals surface area contributed by atoms with Gasteiger partial charge in [-0.25, -0.2) is 9.13 Å². The summed E-state index contributed by atoms with van der Waals surface area (Å²) in [5, 5.41) is 10.6. The summed E-state index contributed by atoms with van der Waals surface area (Å²) in [6.07, 6.45) is 64.6. The Balaban J connectivity index is 5.31. The fraction of sp³-hybridized carbons (Fsp3) is 0.753. The molecule has 0 aliphatic rings. The minimum absolute atomic E-state index is 0.0791. The monoisotopic (exact) mass is 1340 g/mol. The maximum absolute atomic E-state index is 13.0. The summed E-state index contributed by atoms with van der Waals surface area (Å²) in [5.74, 6) is -2.22. The van der Waals surface area contributed by atoms with Crippen molar-refractivity contribution in [2.75, 3.05) is 39.6 Å². The van der Waals surface area contributed by atoms with E-state index < -0.39 is 97.5 Å². The molecule has 19 heteroatoms. The molecule has 0 bridgehead atoms. The van der Waals surface area contributed by atoms with E-state index in [1.54, 1.807) is 0 Å². The van der Waals surface area contributed by atoms with Crippen molar-refractivity contribution in [2.45, 2.75) is 316 Å². The van der Waals surface area contributed by atoms with Gasteiger partial charge in [0, 0.05) is 25.7 Å². The summed E-state index contributed by atoms with van der Waals surface area (Å²) < 4.78 is 68.2. The number of esters is 4. The quantitative estimate of drug-likeness (QED) is 0.0169. The number of aliphatic hydroxyl groups is 1. The van der Waals surface area contributed by atoms with Gasteiger partial charge in [-0.1, -0.05) is 228 Å². The van der Waals surface area contributed by atoms with Crippen LogP contribution in [0, 0.1) is 0 Å². The average Bonchev–Trinajstić information content (AvgIpc) is 2.31. The van der Waals surface area contributed by atoms with Crippen molar-refractivity contribution >= 4 is 39.5 Å². The van der Waals surface area contributed by atoms with Gasteiger partial charge in [0.25, 0.3) is 0 Å². The highest BCUT2D eigenvalue weighted by Gasteiger charge is 2.30. The van der Waals surface area contributed by atoms with Gasteiger partial charge < -0.3 is 33.8 Å². The van der Waals surface area contributed by atoms with Crippen LogP contribution in [-0.4, -0.2) is 96.7 Å². The minimum Gasteiger partial charge on any atom is -0.462 e. The van der Waals surface area contributed by atoms with E-state index in [9.17, 15) is 43.2 Å². The van der Waals surface area contributed by atoms with Crippen LogP contribution in [0.5, 0.6) is 0 Å². The highest BCUT2D eigenvalue weighted by molar-refractivity contribution is 7.47. The molecule has 0 aliphatic carbocycles. The molecule has 0 spiro atoms. The number of ether oxygens (including phenoxy) is 4. The standard InChI is InChI=1S/C73H128O17P2/c1-5-9-13-17-21-25-29-31-32-33-34-36-40-42-46-50-54-58-71(76)84-64-69(90-73(78)60-56-52-48-44-38-28-24-20-16-12-8-4)66-88-92(81,82)86-62-67(74)61-85-91(79,80)87-65-68(89-72(77)59-55-51-47-43-37-27-23-19-15-11-7-3)63-83-70(75)57-53-49-45-41-39-35-30-26-22-18-14-10-6-2/h9,13,19-21,23-26,30-32,34,36,67-69,74H,5-8,10-12,14-18,22,27-29,33,35,37-66H2,1-4H3,(H,79,80)(H,81,82)/b13-9-,23-19-,24-20-,25-21-,30-26-,32-31-,36-34-. The van der Waals surface area contributed by atoms with Crippen LogP contribution in [0.25, 0.3) is 0 Å². The van der Waals surface area contributed by atoms with Gasteiger partial charge in [-0.15, -0.1) is 0 Å².